The van der Waals surface area contributed by atoms with Crippen LogP contribution in [0.15, 0.2) is 72.8 Å². The van der Waals surface area contributed by atoms with Crippen molar-refractivity contribution in [3.63, 3.8) is 0 Å². The lowest BCUT2D eigenvalue weighted by Crippen LogP contribution is -2.12. The summed E-state index contributed by atoms with van der Waals surface area (Å²) in [6.07, 6.45) is 4.22. The zero-order valence-electron chi connectivity index (χ0n) is 17.6. The second-order valence-corrected chi connectivity index (χ2v) is 8.88. The van der Waals surface area contributed by atoms with Crippen molar-refractivity contribution in [1.29, 1.82) is 0 Å². The smallest absolute Gasteiger partial charge is 0.266 e. The number of unbranched alkanes of at least 4 members (excludes halogenated alkanes) is 1. The lowest BCUT2D eigenvalue weighted by molar-refractivity contribution is 0.103. The molecule has 0 atom stereocenters. The van der Waals surface area contributed by atoms with Gasteiger partial charge in [0.05, 0.1) is 4.88 Å². The Bertz CT molecular complexity index is 1140. The summed E-state index contributed by atoms with van der Waals surface area (Å²) in [4.78, 5) is 14.0. The summed E-state index contributed by atoms with van der Waals surface area (Å²) in [6.45, 7) is 4.30. The number of nitrogens with one attached hydrogen (secondary N) is 1. The van der Waals surface area contributed by atoms with Crippen LogP contribution in [0.25, 0.3) is 10.1 Å². The van der Waals surface area contributed by atoms with Gasteiger partial charge in [-0.2, -0.15) is 0 Å². The SMILES string of the molecule is CCCCc1ccc(NC(=O)c2sc3ccccc3c2Cc2ccc(C)cc2)cc1. The Balaban J connectivity index is 1.61. The second kappa shape index (κ2) is 9.27. The van der Waals surface area contributed by atoms with Crippen molar-refractivity contribution >= 4 is 33.0 Å². The maximum absolute atomic E-state index is 13.2. The number of amides is 1. The first-order chi connectivity index (χ1) is 14.6. The van der Waals surface area contributed by atoms with Crippen molar-refractivity contribution in [2.45, 2.75) is 39.5 Å². The van der Waals surface area contributed by atoms with E-state index in [4.69, 9.17) is 0 Å². The van der Waals surface area contributed by atoms with Crippen molar-refractivity contribution in [3.8, 4) is 0 Å². The molecular formula is C27H27NOS. The molecule has 152 valence electrons. The number of benzene rings is 3. The van der Waals surface area contributed by atoms with Gasteiger partial charge in [0, 0.05) is 10.4 Å². The Morgan fingerprint density at radius 1 is 0.900 bits per heavy atom. The Labute approximate surface area is 182 Å². The average molecular weight is 414 g/mol. The van der Waals surface area contributed by atoms with Crippen LogP contribution in [-0.4, -0.2) is 5.91 Å². The summed E-state index contributed by atoms with van der Waals surface area (Å²) in [7, 11) is 0. The number of carbonyl (C=O) groups is 1. The normalized spacial score (nSPS) is 11.0. The zero-order valence-corrected chi connectivity index (χ0v) is 18.4. The average Bonchev–Trinajstić information content (AvgIpc) is 3.13. The molecular weight excluding hydrogens is 386 g/mol. The maximum atomic E-state index is 13.2. The summed E-state index contributed by atoms with van der Waals surface area (Å²) in [5.41, 5.74) is 5.74. The molecule has 0 aliphatic rings. The standard InChI is InChI=1S/C27H27NOS/c1-3-4-7-20-14-16-22(17-15-20)28-27(29)26-24(18-21-12-10-19(2)11-13-21)23-8-5-6-9-25(23)30-26/h5-6,8-17H,3-4,7,18H2,1-2H3,(H,28,29). The highest BCUT2D eigenvalue weighted by Gasteiger charge is 2.19. The number of thiophene rings is 1. The van der Waals surface area contributed by atoms with Gasteiger partial charge in [0.2, 0.25) is 0 Å². The second-order valence-electron chi connectivity index (χ2n) is 7.82. The van der Waals surface area contributed by atoms with Crippen molar-refractivity contribution in [1.82, 2.24) is 0 Å². The van der Waals surface area contributed by atoms with Crippen LogP contribution >= 0.6 is 11.3 Å². The van der Waals surface area contributed by atoms with Gasteiger partial charge in [-0.15, -0.1) is 11.3 Å². The van der Waals surface area contributed by atoms with E-state index < -0.39 is 0 Å². The Morgan fingerprint density at radius 3 is 2.33 bits per heavy atom. The van der Waals surface area contributed by atoms with Crippen LogP contribution in [0, 0.1) is 6.92 Å². The molecule has 0 aliphatic carbocycles. The molecule has 1 heterocycles. The van der Waals surface area contributed by atoms with Crippen LogP contribution < -0.4 is 5.32 Å². The van der Waals surface area contributed by atoms with Crippen molar-refractivity contribution < 1.29 is 4.79 Å². The summed E-state index contributed by atoms with van der Waals surface area (Å²) >= 11 is 1.58. The molecule has 30 heavy (non-hydrogen) atoms. The molecule has 3 heteroatoms. The van der Waals surface area contributed by atoms with E-state index in [2.05, 4.69) is 67.7 Å². The van der Waals surface area contributed by atoms with Crippen LogP contribution in [0.1, 0.15) is 51.7 Å². The van der Waals surface area contributed by atoms with E-state index in [-0.39, 0.29) is 5.91 Å². The third-order valence-electron chi connectivity index (χ3n) is 5.44. The van der Waals surface area contributed by atoms with Gasteiger partial charge >= 0.3 is 0 Å². The quantitative estimate of drug-likeness (QED) is 0.336. The topological polar surface area (TPSA) is 29.1 Å². The van der Waals surface area contributed by atoms with Gasteiger partial charge in [-0.25, -0.2) is 0 Å². The molecule has 4 rings (SSSR count). The van der Waals surface area contributed by atoms with Crippen LogP contribution in [0.3, 0.4) is 0 Å². The fourth-order valence-corrected chi connectivity index (χ4v) is 4.81. The minimum Gasteiger partial charge on any atom is -0.321 e. The van der Waals surface area contributed by atoms with E-state index in [9.17, 15) is 4.79 Å². The van der Waals surface area contributed by atoms with Crippen molar-refractivity contribution in [2.75, 3.05) is 5.32 Å². The van der Waals surface area contributed by atoms with E-state index in [0.717, 1.165) is 33.7 Å². The van der Waals surface area contributed by atoms with Gasteiger partial charge in [0.25, 0.3) is 5.91 Å². The van der Waals surface area contributed by atoms with Crippen LogP contribution in [0.4, 0.5) is 5.69 Å². The summed E-state index contributed by atoms with van der Waals surface area (Å²) in [5, 5.41) is 4.28. The molecule has 0 spiro atoms. The summed E-state index contributed by atoms with van der Waals surface area (Å²) < 4.78 is 1.15. The summed E-state index contributed by atoms with van der Waals surface area (Å²) in [6, 6.07) is 25.1. The molecule has 0 radical (unpaired) electrons. The fourth-order valence-electron chi connectivity index (χ4n) is 3.69. The maximum Gasteiger partial charge on any atom is 0.266 e. The van der Waals surface area contributed by atoms with Gasteiger partial charge < -0.3 is 5.32 Å². The fraction of sp³-hybridized carbons (Fsp3) is 0.222. The first kappa shape index (κ1) is 20.4. The van der Waals surface area contributed by atoms with E-state index >= 15 is 0 Å². The number of fused-ring (bicyclic) bond motifs is 1. The molecule has 3 aromatic carbocycles. The third-order valence-corrected chi connectivity index (χ3v) is 6.65. The monoisotopic (exact) mass is 413 g/mol. The molecule has 2 nitrogen and oxygen atoms in total. The Hall–Kier alpha value is -2.91. The van der Waals surface area contributed by atoms with Gasteiger partial charge in [-0.3, -0.25) is 4.79 Å². The lowest BCUT2D eigenvalue weighted by atomic mass is 10.0. The molecule has 1 N–H and O–H groups in total. The zero-order chi connectivity index (χ0) is 20.9. The third kappa shape index (κ3) is 4.63. The lowest BCUT2D eigenvalue weighted by Gasteiger charge is -2.08. The number of hydrogen-bond donors (Lipinski definition) is 1. The van der Waals surface area contributed by atoms with E-state index in [1.165, 1.54) is 34.9 Å². The largest absolute Gasteiger partial charge is 0.321 e. The predicted octanol–water partition coefficient (Wildman–Crippen LogP) is 7.40. The Morgan fingerprint density at radius 2 is 1.60 bits per heavy atom. The van der Waals surface area contributed by atoms with Crippen LogP contribution in [-0.2, 0) is 12.8 Å². The van der Waals surface area contributed by atoms with Crippen molar-refractivity contribution in [3.05, 3.63) is 99.9 Å². The molecule has 1 amide bonds. The summed E-state index contributed by atoms with van der Waals surface area (Å²) in [5.74, 6) is -0.0281. The van der Waals surface area contributed by atoms with Gasteiger partial charge in [0.1, 0.15) is 0 Å². The molecule has 0 aliphatic heterocycles. The highest BCUT2D eigenvalue weighted by atomic mass is 32.1. The molecule has 0 bridgehead atoms. The number of rotatable bonds is 7. The van der Waals surface area contributed by atoms with Crippen LogP contribution in [0.2, 0.25) is 0 Å². The minimum atomic E-state index is -0.0281. The molecule has 0 unspecified atom stereocenters. The highest BCUT2D eigenvalue weighted by Crippen LogP contribution is 2.33. The first-order valence-corrected chi connectivity index (χ1v) is 11.4. The Kier molecular flexibility index (Phi) is 6.29. The van der Waals surface area contributed by atoms with Gasteiger partial charge in [-0.05, 0) is 66.5 Å². The highest BCUT2D eigenvalue weighted by molar-refractivity contribution is 7.21. The van der Waals surface area contributed by atoms with Crippen molar-refractivity contribution in [2.24, 2.45) is 0 Å². The van der Waals surface area contributed by atoms with Gasteiger partial charge in [-0.1, -0.05) is 73.5 Å². The molecule has 0 fully saturated rings. The number of hydrogen-bond acceptors (Lipinski definition) is 2. The van der Waals surface area contributed by atoms with E-state index in [1.54, 1.807) is 11.3 Å². The van der Waals surface area contributed by atoms with Gasteiger partial charge in [0.15, 0.2) is 0 Å². The van der Waals surface area contributed by atoms with E-state index in [1.807, 2.05) is 24.3 Å². The molecule has 1 aromatic heterocycles. The van der Waals surface area contributed by atoms with Crippen LogP contribution in [0.5, 0.6) is 0 Å². The first-order valence-electron chi connectivity index (χ1n) is 10.6. The molecule has 4 aromatic rings. The molecule has 0 saturated carbocycles. The number of carbonyl (C=O) groups excluding carboxylic acids is 1. The minimum absolute atomic E-state index is 0.0281. The number of anilines is 1. The molecule has 0 saturated heterocycles. The van der Waals surface area contributed by atoms with E-state index in [0.29, 0.717) is 0 Å². The number of aryl methyl sites for hydroxylation is 2. The predicted molar refractivity (Wildman–Crippen MR) is 129 cm³/mol.